The highest BCUT2D eigenvalue weighted by Crippen LogP contribution is 2.39. The van der Waals surface area contributed by atoms with E-state index in [2.05, 4.69) is 15.4 Å². The normalized spacial score (nSPS) is 13.2. The fourth-order valence-corrected chi connectivity index (χ4v) is 2.80. The standard InChI is InChI=1S/C18H18ClF3N4/c1-4-10(2)23-14-9-11(3)24-17-15(12-5-7-13(19)8-6-12)16(18(20,21)22)25-26(14)17/h5-10,23H,4H2,1-3H3/t10-/m0/s1. The van der Waals surface area contributed by atoms with Crippen molar-refractivity contribution in [3.8, 4) is 11.1 Å². The number of aromatic nitrogens is 3. The number of nitrogens with one attached hydrogen (secondary N) is 1. The Labute approximate surface area is 154 Å². The van der Waals surface area contributed by atoms with Crippen molar-refractivity contribution in [3.63, 3.8) is 0 Å². The van der Waals surface area contributed by atoms with Crippen LogP contribution in [0.4, 0.5) is 19.0 Å². The van der Waals surface area contributed by atoms with Crippen molar-refractivity contribution in [3.05, 3.63) is 46.7 Å². The lowest BCUT2D eigenvalue weighted by atomic mass is 10.1. The van der Waals surface area contributed by atoms with Crippen LogP contribution in [-0.2, 0) is 6.18 Å². The largest absolute Gasteiger partial charge is 0.435 e. The van der Waals surface area contributed by atoms with E-state index in [1.54, 1.807) is 37.3 Å². The molecule has 1 aromatic carbocycles. The molecule has 138 valence electrons. The second kappa shape index (κ2) is 6.79. The summed E-state index contributed by atoms with van der Waals surface area (Å²) in [4.78, 5) is 4.33. The molecule has 0 saturated carbocycles. The van der Waals surface area contributed by atoms with E-state index < -0.39 is 11.9 Å². The van der Waals surface area contributed by atoms with Gasteiger partial charge >= 0.3 is 6.18 Å². The van der Waals surface area contributed by atoms with Gasteiger partial charge in [0.05, 0.1) is 5.56 Å². The van der Waals surface area contributed by atoms with Crippen molar-refractivity contribution in [1.82, 2.24) is 14.6 Å². The fourth-order valence-electron chi connectivity index (χ4n) is 2.68. The maximum absolute atomic E-state index is 13.7. The molecule has 0 spiro atoms. The second-order valence-electron chi connectivity index (χ2n) is 6.20. The average molecular weight is 383 g/mol. The van der Waals surface area contributed by atoms with Gasteiger partial charge in [0.15, 0.2) is 11.3 Å². The summed E-state index contributed by atoms with van der Waals surface area (Å²) in [5, 5.41) is 7.49. The van der Waals surface area contributed by atoms with Crippen LogP contribution in [0.3, 0.4) is 0 Å². The van der Waals surface area contributed by atoms with Gasteiger partial charge in [0.1, 0.15) is 5.82 Å². The van der Waals surface area contributed by atoms with Crippen molar-refractivity contribution in [2.24, 2.45) is 0 Å². The Morgan fingerprint density at radius 1 is 1.23 bits per heavy atom. The monoisotopic (exact) mass is 382 g/mol. The minimum Gasteiger partial charge on any atom is -0.367 e. The number of halogens is 4. The molecule has 0 radical (unpaired) electrons. The minimum atomic E-state index is -4.61. The van der Waals surface area contributed by atoms with E-state index in [9.17, 15) is 13.2 Å². The molecule has 2 heterocycles. The molecular formula is C18H18ClF3N4. The van der Waals surface area contributed by atoms with Gasteiger partial charge in [-0.1, -0.05) is 30.7 Å². The molecule has 0 fully saturated rings. The molecule has 1 atom stereocenters. The van der Waals surface area contributed by atoms with Gasteiger partial charge < -0.3 is 5.32 Å². The van der Waals surface area contributed by atoms with Gasteiger partial charge in [0, 0.05) is 22.8 Å². The van der Waals surface area contributed by atoms with Crippen LogP contribution in [-0.4, -0.2) is 20.6 Å². The van der Waals surface area contributed by atoms with Crippen LogP contribution in [0.5, 0.6) is 0 Å². The van der Waals surface area contributed by atoms with Gasteiger partial charge in [-0.05, 0) is 38.0 Å². The number of benzene rings is 1. The molecule has 2 aromatic heterocycles. The summed E-state index contributed by atoms with van der Waals surface area (Å²) in [5.74, 6) is 0.479. The third kappa shape index (κ3) is 3.49. The molecule has 1 N–H and O–H groups in total. The van der Waals surface area contributed by atoms with Gasteiger partial charge in [-0.25, -0.2) is 4.98 Å². The third-order valence-corrected chi connectivity index (χ3v) is 4.38. The minimum absolute atomic E-state index is 0.0509. The number of aryl methyl sites for hydroxylation is 1. The Morgan fingerprint density at radius 3 is 2.46 bits per heavy atom. The molecule has 0 unspecified atom stereocenters. The molecule has 3 rings (SSSR count). The number of hydrogen-bond donors (Lipinski definition) is 1. The lowest BCUT2D eigenvalue weighted by molar-refractivity contribution is -0.140. The van der Waals surface area contributed by atoms with Crippen LogP contribution in [0.1, 0.15) is 31.7 Å². The predicted molar refractivity (Wildman–Crippen MR) is 96.5 cm³/mol. The van der Waals surface area contributed by atoms with E-state index in [1.165, 1.54) is 4.52 Å². The molecule has 26 heavy (non-hydrogen) atoms. The highest BCUT2D eigenvalue weighted by atomic mass is 35.5. The molecule has 0 aliphatic carbocycles. The molecule has 0 amide bonds. The van der Waals surface area contributed by atoms with Crippen LogP contribution >= 0.6 is 11.6 Å². The summed E-state index contributed by atoms with van der Waals surface area (Å²) < 4.78 is 42.2. The molecule has 3 aromatic rings. The average Bonchev–Trinajstić information content (AvgIpc) is 2.95. The zero-order valence-electron chi connectivity index (χ0n) is 14.5. The molecule has 0 aliphatic heterocycles. The third-order valence-electron chi connectivity index (χ3n) is 4.13. The van der Waals surface area contributed by atoms with Crippen molar-refractivity contribution in [1.29, 1.82) is 0 Å². The van der Waals surface area contributed by atoms with Crippen molar-refractivity contribution in [2.45, 2.75) is 39.4 Å². The smallest absolute Gasteiger partial charge is 0.367 e. The Balaban J connectivity index is 2.32. The van der Waals surface area contributed by atoms with Gasteiger partial charge in [0.25, 0.3) is 0 Å². The zero-order chi connectivity index (χ0) is 19.1. The number of rotatable bonds is 4. The first-order valence-corrected chi connectivity index (χ1v) is 8.58. The topological polar surface area (TPSA) is 42.2 Å². The van der Waals surface area contributed by atoms with E-state index in [0.717, 1.165) is 6.42 Å². The molecule has 0 bridgehead atoms. The first kappa shape index (κ1) is 18.5. The number of hydrogen-bond acceptors (Lipinski definition) is 3. The summed E-state index contributed by atoms with van der Waals surface area (Å²) in [7, 11) is 0. The van der Waals surface area contributed by atoms with Crippen molar-refractivity contribution < 1.29 is 13.2 Å². The van der Waals surface area contributed by atoms with E-state index in [1.807, 2.05) is 13.8 Å². The summed E-state index contributed by atoms with van der Waals surface area (Å²) in [6, 6.07) is 7.96. The summed E-state index contributed by atoms with van der Waals surface area (Å²) in [6.07, 6.45) is -3.79. The SMILES string of the molecule is CC[C@H](C)Nc1cc(C)nc2c(-c3ccc(Cl)cc3)c(C(F)(F)F)nn12. The van der Waals surface area contributed by atoms with E-state index in [0.29, 0.717) is 22.1 Å². The lowest BCUT2D eigenvalue weighted by Gasteiger charge is -2.14. The fraction of sp³-hybridized carbons (Fsp3) is 0.333. The van der Waals surface area contributed by atoms with Crippen LogP contribution in [0, 0.1) is 6.92 Å². The first-order chi connectivity index (χ1) is 12.2. The molecule has 8 heteroatoms. The summed E-state index contributed by atoms with van der Waals surface area (Å²) in [5.41, 5.74) is 0.108. The van der Waals surface area contributed by atoms with Gasteiger partial charge in [-0.3, -0.25) is 0 Å². The first-order valence-electron chi connectivity index (χ1n) is 8.20. The maximum Gasteiger partial charge on any atom is 0.435 e. The summed E-state index contributed by atoms with van der Waals surface area (Å²) in [6.45, 7) is 5.69. The Hall–Kier alpha value is -2.28. The number of alkyl halides is 3. The lowest BCUT2D eigenvalue weighted by Crippen LogP contribution is -2.17. The van der Waals surface area contributed by atoms with E-state index in [-0.39, 0.29) is 17.3 Å². The number of anilines is 1. The quantitative estimate of drug-likeness (QED) is 0.639. The van der Waals surface area contributed by atoms with Gasteiger partial charge in [0.2, 0.25) is 0 Å². The second-order valence-corrected chi connectivity index (χ2v) is 6.64. The van der Waals surface area contributed by atoms with Crippen LogP contribution in [0.25, 0.3) is 16.8 Å². The zero-order valence-corrected chi connectivity index (χ0v) is 15.3. The number of fused-ring (bicyclic) bond motifs is 1. The van der Waals surface area contributed by atoms with E-state index in [4.69, 9.17) is 11.6 Å². The predicted octanol–water partition coefficient (Wildman–Crippen LogP) is 5.59. The van der Waals surface area contributed by atoms with Crippen molar-refractivity contribution >= 4 is 23.1 Å². The molecular weight excluding hydrogens is 365 g/mol. The number of nitrogens with zero attached hydrogens (tertiary/aromatic N) is 3. The van der Waals surface area contributed by atoms with Gasteiger partial charge in [-0.2, -0.15) is 22.8 Å². The molecule has 0 aliphatic rings. The Bertz CT molecular complexity index is 932. The van der Waals surface area contributed by atoms with Gasteiger partial charge in [-0.15, -0.1) is 0 Å². The Kier molecular flexibility index (Phi) is 4.84. The van der Waals surface area contributed by atoms with E-state index >= 15 is 0 Å². The van der Waals surface area contributed by atoms with Crippen molar-refractivity contribution in [2.75, 3.05) is 5.32 Å². The highest BCUT2D eigenvalue weighted by molar-refractivity contribution is 6.30. The molecule has 4 nitrogen and oxygen atoms in total. The highest BCUT2D eigenvalue weighted by Gasteiger charge is 2.39. The van der Waals surface area contributed by atoms with Crippen LogP contribution in [0.15, 0.2) is 30.3 Å². The van der Waals surface area contributed by atoms with Crippen LogP contribution < -0.4 is 5.32 Å². The maximum atomic E-state index is 13.7. The van der Waals surface area contributed by atoms with Crippen LogP contribution in [0.2, 0.25) is 5.02 Å². The Morgan fingerprint density at radius 2 is 1.88 bits per heavy atom. The molecule has 0 saturated heterocycles. The summed E-state index contributed by atoms with van der Waals surface area (Å²) >= 11 is 5.88.